The number of rotatable bonds is 6. The lowest BCUT2D eigenvalue weighted by molar-refractivity contribution is -0.134. The van der Waals surface area contributed by atoms with Gasteiger partial charge in [0.25, 0.3) is 0 Å². The van der Waals surface area contributed by atoms with E-state index >= 15 is 0 Å². The van der Waals surface area contributed by atoms with Gasteiger partial charge in [0.15, 0.2) is 0 Å². The molecule has 0 bridgehead atoms. The van der Waals surface area contributed by atoms with Gasteiger partial charge in [-0.05, 0) is 45.2 Å². The molecule has 1 aromatic carbocycles. The molecule has 0 saturated carbocycles. The number of hydrogen-bond acceptors (Lipinski definition) is 3. The average molecular weight is 303 g/mol. The van der Waals surface area contributed by atoms with Crippen LogP contribution in [0.15, 0.2) is 30.3 Å². The number of carbonyl (C=O) groups is 1. The van der Waals surface area contributed by atoms with Gasteiger partial charge in [-0.2, -0.15) is 0 Å². The number of benzene rings is 1. The third kappa shape index (κ3) is 4.55. The number of hydrogen-bond donors (Lipinski definition) is 1. The van der Waals surface area contributed by atoms with Crippen LogP contribution in [0, 0.1) is 5.92 Å². The number of nitrogens with two attached hydrogens (primary N) is 1. The molecule has 1 aliphatic heterocycles. The fourth-order valence-corrected chi connectivity index (χ4v) is 3.14. The summed E-state index contributed by atoms with van der Waals surface area (Å²) in [7, 11) is 0. The quantitative estimate of drug-likeness (QED) is 0.875. The summed E-state index contributed by atoms with van der Waals surface area (Å²) in [6.45, 7) is 9.90. The molecule has 122 valence electrons. The van der Waals surface area contributed by atoms with E-state index < -0.39 is 6.04 Å². The van der Waals surface area contributed by atoms with Crippen molar-refractivity contribution in [1.82, 2.24) is 9.80 Å². The van der Waals surface area contributed by atoms with Crippen molar-refractivity contribution in [1.29, 1.82) is 0 Å². The van der Waals surface area contributed by atoms with Gasteiger partial charge in [0, 0.05) is 25.7 Å². The highest BCUT2D eigenvalue weighted by Crippen LogP contribution is 2.21. The fourth-order valence-electron chi connectivity index (χ4n) is 3.14. The van der Waals surface area contributed by atoms with E-state index in [9.17, 15) is 4.79 Å². The van der Waals surface area contributed by atoms with Crippen molar-refractivity contribution in [2.75, 3.05) is 19.6 Å². The van der Waals surface area contributed by atoms with E-state index in [4.69, 9.17) is 5.73 Å². The summed E-state index contributed by atoms with van der Waals surface area (Å²) in [6.07, 6.45) is 1.16. The van der Waals surface area contributed by atoms with Gasteiger partial charge in [-0.25, -0.2) is 0 Å². The summed E-state index contributed by atoms with van der Waals surface area (Å²) in [4.78, 5) is 16.7. The van der Waals surface area contributed by atoms with Crippen molar-refractivity contribution >= 4 is 5.91 Å². The molecule has 0 aliphatic carbocycles. The van der Waals surface area contributed by atoms with Crippen LogP contribution in [-0.2, 0) is 11.3 Å². The molecule has 0 aromatic heterocycles. The van der Waals surface area contributed by atoms with Gasteiger partial charge in [0.2, 0.25) is 5.91 Å². The molecule has 1 fully saturated rings. The third-order valence-electron chi connectivity index (χ3n) is 4.37. The van der Waals surface area contributed by atoms with Crippen LogP contribution in [0.4, 0.5) is 0 Å². The zero-order valence-electron chi connectivity index (χ0n) is 14.0. The summed E-state index contributed by atoms with van der Waals surface area (Å²) >= 11 is 0. The number of amides is 1. The predicted octanol–water partition coefficient (Wildman–Crippen LogP) is 2.09. The van der Waals surface area contributed by atoms with Crippen molar-refractivity contribution in [2.24, 2.45) is 11.7 Å². The summed E-state index contributed by atoms with van der Waals surface area (Å²) < 4.78 is 0. The third-order valence-corrected chi connectivity index (χ3v) is 4.37. The summed E-state index contributed by atoms with van der Waals surface area (Å²) in [6, 6.07) is 10.4. The maximum Gasteiger partial charge on any atom is 0.239 e. The van der Waals surface area contributed by atoms with E-state index in [-0.39, 0.29) is 11.9 Å². The molecule has 4 nitrogen and oxygen atoms in total. The Balaban J connectivity index is 1.88. The Morgan fingerprint density at radius 1 is 1.32 bits per heavy atom. The van der Waals surface area contributed by atoms with Gasteiger partial charge in [0.1, 0.15) is 0 Å². The average Bonchev–Trinajstić information content (AvgIpc) is 2.92. The standard InChI is InChI=1S/C18H29N3O/c1-14(2)21(18(22)15(3)19)13-17-9-10-20(12-17)11-16-7-5-4-6-8-16/h4-8,14-15,17H,9-13,19H2,1-3H3/t15-,17?/m0/s1. The lowest BCUT2D eigenvalue weighted by atomic mass is 10.1. The van der Waals surface area contributed by atoms with Crippen LogP contribution in [0.1, 0.15) is 32.8 Å². The molecule has 4 heteroatoms. The molecule has 1 saturated heterocycles. The van der Waals surface area contributed by atoms with Crippen LogP contribution < -0.4 is 5.73 Å². The van der Waals surface area contributed by atoms with Gasteiger partial charge in [-0.3, -0.25) is 9.69 Å². The minimum Gasteiger partial charge on any atom is -0.339 e. The van der Waals surface area contributed by atoms with E-state index in [1.165, 1.54) is 5.56 Å². The Kier molecular flexibility index (Phi) is 5.98. The Morgan fingerprint density at radius 3 is 2.59 bits per heavy atom. The molecule has 0 radical (unpaired) electrons. The molecule has 1 aromatic rings. The van der Waals surface area contributed by atoms with Crippen molar-refractivity contribution < 1.29 is 4.79 Å². The molecule has 2 N–H and O–H groups in total. The highest BCUT2D eigenvalue weighted by molar-refractivity contribution is 5.81. The first-order valence-corrected chi connectivity index (χ1v) is 8.29. The largest absolute Gasteiger partial charge is 0.339 e. The molecule has 1 heterocycles. The summed E-state index contributed by atoms with van der Waals surface area (Å²) in [5, 5.41) is 0. The molecule has 0 spiro atoms. The first kappa shape index (κ1) is 17.0. The van der Waals surface area contributed by atoms with Crippen LogP contribution in [0.25, 0.3) is 0 Å². The van der Waals surface area contributed by atoms with Crippen LogP contribution in [0.5, 0.6) is 0 Å². The maximum absolute atomic E-state index is 12.2. The normalized spacial score (nSPS) is 20.3. The maximum atomic E-state index is 12.2. The van der Waals surface area contributed by atoms with E-state index in [0.717, 1.165) is 32.6 Å². The van der Waals surface area contributed by atoms with Gasteiger partial charge >= 0.3 is 0 Å². The molecule has 22 heavy (non-hydrogen) atoms. The zero-order valence-corrected chi connectivity index (χ0v) is 14.0. The van der Waals surface area contributed by atoms with Gasteiger partial charge in [0.05, 0.1) is 6.04 Å². The van der Waals surface area contributed by atoms with E-state index in [2.05, 4.69) is 49.1 Å². The highest BCUT2D eigenvalue weighted by atomic mass is 16.2. The number of likely N-dealkylation sites (tertiary alicyclic amines) is 1. The summed E-state index contributed by atoms with van der Waals surface area (Å²) in [5.41, 5.74) is 7.13. The SMILES string of the molecule is CC(C)N(CC1CCN(Cc2ccccc2)C1)C(=O)[C@H](C)N. The van der Waals surface area contributed by atoms with Crippen LogP contribution in [0.3, 0.4) is 0 Å². The van der Waals surface area contributed by atoms with Gasteiger partial charge in [-0.15, -0.1) is 0 Å². The lowest BCUT2D eigenvalue weighted by Gasteiger charge is -2.31. The second-order valence-electron chi connectivity index (χ2n) is 6.75. The molecular weight excluding hydrogens is 274 g/mol. The molecule has 2 atom stereocenters. The summed E-state index contributed by atoms with van der Waals surface area (Å²) in [5.74, 6) is 0.616. The fraction of sp³-hybridized carbons (Fsp3) is 0.611. The second kappa shape index (κ2) is 7.75. The molecule has 1 aliphatic rings. The van der Waals surface area contributed by atoms with Crippen molar-refractivity contribution in [2.45, 2.75) is 45.8 Å². The monoisotopic (exact) mass is 303 g/mol. The lowest BCUT2D eigenvalue weighted by Crippen LogP contribution is -2.47. The van der Waals surface area contributed by atoms with Gasteiger partial charge < -0.3 is 10.6 Å². The Hall–Kier alpha value is -1.39. The van der Waals surface area contributed by atoms with Crippen LogP contribution in [-0.4, -0.2) is 47.4 Å². The first-order valence-electron chi connectivity index (χ1n) is 8.29. The Labute approximate surface area is 134 Å². The van der Waals surface area contributed by atoms with Crippen LogP contribution >= 0.6 is 0 Å². The van der Waals surface area contributed by atoms with E-state index in [1.807, 2.05) is 4.90 Å². The second-order valence-corrected chi connectivity index (χ2v) is 6.75. The number of carbonyl (C=O) groups excluding carboxylic acids is 1. The molecular formula is C18H29N3O. The molecule has 1 amide bonds. The van der Waals surface area contributed by atoms with Crippen molar-refractivity contribution in [3.63, 3.8) is 0 Å². The Bertz CT molecular complexity index is 472. The zero-order chi connectivity index (χ0) is 16.1. The molecule has 1 unspecified atom stereocenters. The minimum atomic E-state index is -0.413. The minimum absolute atomic E-state index is 0.0662. The highest BCUT2D eigenvalue weighted by Gasteiger charge is 2.28. The smallest absolute Gasteiger partial charge is 0.239 e. The topological polar surface area (TPSA) is 49.6 Å². The van der Waals surface area contributed by atoms with Crippen molar-refractivity contribution in [3.05, 3.63) is 35.9 Å². The van der Waals surface area contributed by atoms with Crippen LogP contribution in [0.2, 0.25) is 0 Å². The molecule has 2 rings (SSSR count). The Morgan fingerprint density at radius 2 is 2.00 bits per heavy atom. The van der Waals surface area contributed by atoms with Gasteiger partial charge in [-0.1, -0.05) is 30.3 Å². The van der Waals surface area contributed by atoms with Crippen molar-refractivity contribution in [3.8, 4) is 0 Å². The van der Waals surface area contributed by atoms with E-state index in [0.29, 0.717) is 5.92 Å². The first-order chi connectivity index (χ1) is 10.5. The predicted molar refractivity (Wildman–Crippen MR) is 90.3 cm³/mol. The van der Waals surface area contributed by atoms with E-state index in [1.54, 1.807) is 6.92 Å². The number of nitrogens with zero attached hydrogens (tertiary/aromatic N) is 2.